The van der Waals surface area contributed by atoms with Crippen LogP contribution in [0.3, 0.4) is 0 Å². The number of nitrogens with zero attached hydrogens (tertiary/aromatic N) is 1. The Morgan fingerprint density at radius 1 is 1.04 bits per heavy atom. The number of benzene rings is 1. The summed E-state index contributed by atoms with van der Waals surface area (Å²) in [5.41, 5.74) is 0.614. The molecule has 1 aliphatic carbocycles. The normalized spacial score (nSPS) is 14.7. The summed E-state index contributed by atoms with van der Waals surface area (Å²) in [6.07, 6.45) is 5.20. The Labute approximate surface area is 141 Å². The van der Waals surface area contributed by atoms with Gasteiger partial charge in [-0.3, -0.25) is 14.9 Å². The summed E-state index contributed by atoms with van der Waals surface area (Å²) in [7, 11) is 0. The number of carbonyl (C=O) groups excluding carboxylic acids is 2. The first-order chi connectivity index (χ1) is 11.5. The fourth-order valence-electron chi connectivity index (χ4n) is 2.85. The highest BCUT2D eigenvalue weighted by atomic mass is 16.4. The predicted octanol–water partition coefficient (Wildman–Crippen LogP) is 1.74. The lowest BCUT2D eigenvalue weighted by atomic mass is 9.96. The molecule has 0 aliphatic heterocycles. The van der Waals surface area contributed by atoms with E-state index in [0.717, 1.165) is 25.7 Å². The van der Waals surface area contributed by atoms with Crippen LogP contribution in [0.5, 0.6) is 0 Å². The molecule has 0 unspecified atom stereocenters. The summed E-state index contributed by atoms with van der Waals surface area (Å²) in [6.45, 7) is -0.518. The van der Waals surface area contributed by atoms with Gasteiger partial charge in [0.05, 0.1) is 6.54 Å². The van der Waals surface area contributed by atoms with E-state index in [2.05, 4.69) is 10.6 Å². The number of para-hydroxylation sites is 1. The van der Waals surface area contributed by atoms with Crippen LogP contribution in [0.1, 0.15) is 32.1 Å². The molecule has 0 heterocycles. The largest absolute Gasteiger partial charge is 0.480 e. The number of aliphatic carboxylic acids is 1. The number of carboxylic acids is 1. The van der Waals surface area contributed by atoms with Crippen LogP contribution in [-0.4, -0.2) is 42.1 Å². The van der Waals surface area contributed by atoms with E-state index in [9.17, 15) is 14.4 Å². The lowest BCUT2D eigenvalue weighted by Crippen LogP contribution is -2.48. The Hall–Kier alpha value is -2.57. The fraction of sp³-hybridized carbons (Fsp3) is 0.471. The number of hydrogen-bond donors (Lipinski definition) is 3. The van der Waals surface area contributed by atoms with Crippen molar-refractivity contribution in [1.29, 1.82) is 0 Å². The SMILES string of the molecule is O=C(O)CN(CC(=O)NC(=O)NC1CCCCC1)c1ccccc1. The first-order valence-electron chi connectivity index (χ1n) is 8.17. The minimum atomic E-state index is -1.04. The van der Waals surface area contributed by atoms with Crippen molar-refractivity contribution in [3.05, 3.63) is 30.3 Å². The van der Waals surface area contributed by atoms with Crippen molar-refractivity contribution in [2.24, 2.45) is 0 Å². The van der Waals surface area contributed by atoms with Gasteiger partial charge in [-0.2, -0.15) is 0 Å². The van der Waals surface area contributed by atoms with E-state index in [4.69, 9.17) is 5.11 Å². The molecule has 2 rings (SSSR count). The molecule has 0 saturated heterocycles. The smallest absolute Gasteiger partial charge is 0.323 e. The van der Waals surface area contributed by atoms with Crippen LogP contribution in [0.2, 0.25) is 0 Å². The quantitative estimate of drug-likeness (QED) is 0.736. The number of carbonyl (C=O) groups is 3. The van der Waals surface area contributed by atoms with Gasteiger partial charge in [-0.05, 0) is 25.0 Å². The van der Waals surface area contributed by atoms with Gasteiger partial charge < -0.3 is 15.3 Å². The molecule has 7 nitrogen and oxygen atoms in total. The van der Waals surface area contributed by atoms with E-state index in [0.29, 0.717) is 5.69 Å². The summed E-state index contributed by atoms with van der Waals surface area (Å²) < 4.78 is 0. The number of hydrogen-bond acceptors (Lipinski definition) is 4. The van der Waals surface area contributed by atoms with Gasteiger partial charge in [0.2, 0.25) is 5.91 Å². The highest BCUT2D eigenvalue weighted by Gasteiger charge is 2.19. The predicted molar refractivity (Wildman–Crippen MR) is 89.8 cm³/mol. The molecule has 3 N–H and O–H groups in total. The van der Waals surface area contributed by atoms with Crippen LogP contribution in [-0.2, 0) is 9.59 Å². The first-order valence-corrected chi connectivity index (χ1v) is 8.17. The Balaban J connectivity index is 1.87. The Morgan fingerprint density at radius 2 is 1.71 bits per heavy atom. The van der Waals surface area contributed by atoms with Gasteiger partial charge in [-0.25, -0.2) is 4.79 Å². The van der Waals surface area contributed by atoms with Crippen molar-refractivity contribution >= 4 is 23.6 Å². The molecule has 7 heteroatoms. The molecule has 130 valence electrons. The second-order valence-corrected chi connectivity index (χ2v) is 5.94. The van der Waals surface area contributed by atoms with E-state index in [1.165, 1.54) is 11.3 Å². The van der Waals surface area contributed by atoms with Crippen LogP contribution >= 0.6 is 0 Å². The van der Waals surface area contributed by atoms with Crippen LogP contribution in [0.15, 0.2) is 30.3 Å². The highest BCUT2D eigenvalue weighted by Crippen LogP contribution is 2.17. The monoisotopic (exact) mass is 333 g/mol. The lowest BCUT2D eigenvalue weighted by Gasteiger charge is -2.24. The Kier molecular flexibility index (Phi) is 6.60. The van der Waals surface area contributed by atoms with Gasteiger partial charge in [0, 0.05) is 11.7 Å². The van der Waals surface area contributed by atoms with Crippen molar-refractivity contribution in [2.45, 2.75) is 38.1 Å². The average molecular weight is 333 g/mol. The molecule has 1 aromatic carbocycles. The highest BCUT2D eigenvalue weighted by molar-refractivity contribution is 5.97. The van der Waals surface area contributed by atoms with Crippen LogP contribution < -0.4 is 15.5 Å². The zero-order valence-electron chi connectivity index (χ0n) is 13.5. The molecule has 0 bridgehead atoms. The van der Waals surface area contributed by atoms with E-state index >= 15 is 0 Å². The zero-order chi connectivity index (χ0) is 17.4. The molecule has 0 spiro atoms. The second kappa shape index (κ2) is 8.90. The molecule has 3 amide bonds. The van der Waals surface area contributed by atoms with Crippen LogP contribution in [0, 0.1) is 0 Å². The lowest BCUT2D eigenvalue weighted by molar-refractivity contribution is -0.135. The van der Waals surface area contributed by atoms with Gasteiger partial charge in [0.1, 0.15) is 6.54 Å². The number of rotatable bonds is 6. The third-order valence-corrected chi connectivity index (χ3v) is 3.98. The van der Waals surface area contributed by atoms with Gasteiger partial charge >= 0.3 is 12.0 Å². The molecular weight excluding hydrogens is 310 g/mol. The number of carboxylic acid groups (broad SMARTS) is 1. The van der Waals surface area contributed by atoms with Gasteiger partial charge in [0.25, 0.3) is 0 Å². The Bertz CT molecular complexity index is 570. The molecular formula is C17H23N3O4. The van der Waals surface area contributed by atoms with Gasteiger partial charge in [-0.1, -0.05) is 37.5 Å². The minimum Gasteiger partial charge on any atom is -0.480 e. The summed E-state index contributed by atoms with van der Waals surface area (Å²) in [5, 5.41) is 14.1. The van der Waals surface area contributed by atoms with Crippen molar-refractivity contribution in [3.8, 4) is 0 Å². The number of amides is 3. The Morgan fingerprint density at radius 3 is 2.33 bits per heavy atom. The number of imide groups is 1. The number of urea groups is 1. The maximum Gasteiger partial charge on any atom is 0.323 e. The summed E-state index contributed by atoms with van der Waals surface area (Å²) in [5.74, 6) is -1.58. The average Bonchev–Trinajstić information content (AvgIpc) is 2.55. The van der Waals surface area contributed by atoms with E-state index in [1.807, 2.05) is 0 Å². The summed E-state index contributed by atoms with van der Waals surface area (Å²) >= 11 is 0. The molecule has 1 saturated carbocycles. The number of nitrogens with one attached hydrogen (secondary N) is 2. The van der Waals surface area contributed by atoms with E-state index in [1.54, 1.807) is 30.3 Å². The van der Waals surface area contributed by atoms with Crippen molar-refractivity contribution in [2.75, 3.05) is 18.0 Å². The van der Waals surface area contributed by atoms with Gasteiger partial charge in [-0.15, -0.1) is 0 Å². The third kappa shape index (κ3) is 5.91. The van der Waals surface area contributed by atoms with Crippen molar-refractivity contribution in [1.82, 2.24) is 10.6 Å². The van der Waals surface area contributed by atoms with E-state index in [-0.39, 0.29) is 19.1 Å². The molecule has 1 aromatic rings. The first kappa shape index (κ1) is 17.8. The maximum absolute atomic E-state index is 12.1. The molecule has 1 aliphatic rings. The molecule has 0 aromatic heterocycles. The zero-order valence-corrected chi connectivity index (χ0v) is 13.5. The van der Waals surface area contributed by atoms with Gasteiger partial charge in [0.15, 0.2) is 0 Å². The maximum atomic E-state index is 12.1. The summed E-state index contributed by atoms with van der Waals surface area (Å²) in [6, 6.07) is 8.36. The second-order valence-electron chi connectivity index (χ2n) is 5.94. The van der Waals surface area contributed by atoms with Crippen LogP contribution in [0.25, 0.3) is 0 Å². The van der Waals surface area contributed by atoms with Crippen LogP contribution in [0.4, 0.5) is 10.5 Å². The topological polar surface area (TPSA) is 98.7 Å². The van der Waals surface area contributed by atoms with E-state index < -0.39 is 17.9 Å². The minimum absolute atomic E-state index is 0.107. The van der Waals surface area contributed by atoms with Crippen molar-refractivity contribution in [3.63, 3.8) is 0 Å². The third-order valence-electron chi connectivity index (χ3n) is 3.98. The molecule has 1 fully saturated rings. The van der Waals surface area contributed by atoms with Crippen molar-refractivity contribution < 1.29 is 19.5 Å². The molecule has 0 radical (unpaired) electrons. The fourth-order valence-corrected chi connectivity index (χ4v) is 2.85. The molecule has 0 atom stereocenters. The number of anilines is 1. The molecule has 24 heavy (non-hydrogen) atoms. The standard InChI is InChI=1S/C17H23N3O4/c21-15(19-17(24)18-13-7-3-1-4-8-13)11-20(12-16(22)23)14-9-5-2-6-10-14/h2,5-6,9-10,13H,1,3-4,7-8,11-12H2,(H,22,23)(H2,18,19,21,24). The summed E-state index contributed by atoms with van der Waals surface area (Å²) in [4.78, 5) is 36.3.